The summed E-state index contributed by atoms with van der Waals surface area (Å²) in [6.07, 6.45) is 2.55. The molecule has 150 valence electrons. The van der Waals surface area contributed by atoms with Gasteiger partial charge in [0.15, 0.2) is 0 Å². The average Bonchev–Trinajstić information content (AvgIpc) is 2.77. The van der Waals surface area contributed by atoms with E-state index < -0.39 is 5.97 Å². The lowest BCUT2D eigenvalue weighted by molar-refractivity contribution is -0.132. The number of nitriles is 1. The van der Waals surface area contributed by atoms with E-state index in [1.54, 1.807) is 18.2 Å². The fourth-order valence-corrected chi connectivity index (χ4v) is 2.34. The number of aliphatic carboxylic acids is 1. The Labute approximate surface area is 171 Å². The van der Waals surface area contributed by atoms with Gasteiger partial charge in [-0.05, 0) is 47.9 Å². The van der Waals surface area contributed by atoms with Crippen LogP contribution < -0.4 is 4.74 Å². The highest BCUT2D eigenvalue weighted by Gasteiger charge is 2.13. The van der Waals surface area contributed by atoms with Gasteiger partial charge in [-0.2, -0.15) is 5.26 Å². The third-order valence-corrected chi connectivity index (χ3v) is 3.81. The molecule has 0 radical (unpaired) electrons. The highest BCUT2D eigenvalue weighted by Crippen LogP contribution is 2.26. The third kappa shape index (κ3) is 6.71. The molecule has 0 aliphatic carbocycles. The molecule has 0 heterocycles. The molecule has 0 aliphatic heterocycles. The third-order valence-electron chi connectivity index (χ3n) is 3.81. The summed E-state index contributed by atoms with van der Waals surface area (Å²) in [5.74, 6) is -1.20. The second-order valence-corrected chi connectivity index (χ2v) is 5.66. The van der Waals surface area contributed by atoms with Crippen LogP contribution in [0.5, 0.6) is 5.75 Å². The molecule has 2 aromatic carbocycles. The first-order chi connectivity index (χ1) is 14.0. The minimum absolute atomic E-state index is 0.273. The van der Waals surface area contributed by atoms with Gasteiger partial charge in [0.25, 0.3) is 0 Å². The van der Waals surface area contributed by atoms with Crippen LogP contribution in [0.2, 0.25) is 0 Å². The van der Waals surface area contributed by atoms with Gasteiger partial charge in [-0.25, -0.2) is 4.79 Å². The van der Waals surface area contributed by atoms with Crippen molar-refractivity contribution >= 4 is 11.5 Å². The molecule has 5 heteroatoms. The molecule has 0 fully saturated rings. The Morgan fingerprint density at radius 2 is 1.83 bits per heavy atom. The van der Waals surface area contributed by atoms with E-state index in [9.17, 15) is 20.3 Å². The van der Waals surface area contributed by atoms with Crippen molar-refractivity contribution in [1.82, 2.24) is 0 Å². The van der Waals surface area contributed by atoms with E-state index >= 15 is 0 Å². The van der Waals surface area contributed by atoms with Crippen LogP contribution in [0.15, 0.2) is 78.6 Å². The molecule has 0 bridgehead atoms. The number of carboxylic acids is 1. The molecule has 0 saturated carbocycles. The van der Waals surface area contributed by atoms with Crippen molar-refractivity contribution in [3.05, 3.63) is 95.3 Å². The van der Waals surface area contributed by atoms with Crippen LogP contribution in [0.1, 0.15) is 37.5 Å². The molecule has 0 aliphatic rings. The Morgan fingerprint density at radius 1 is 1.17 bits per heavy atom. The van der Waals surface area contributed by atoms with Gasteiger partial charge in [0.2, 0.25) is 0 Å². The number of hydrogen-bond acceptors (Lipinski definition) is 4. The molecule has 2 rings (SSSR count). The number of carboxylic acid groups (broad SMARTS) is 1. The second-order valence-electron chi connectivity index (χ2n) is 5.66. The van der Waals surface area contributed by atoms with Crippen LogP contribution in [-0.2, 0) is 11.4 Å². The molecule has 0 spiro atoms. The summed E-state index contributed by atoms with van der Waals surface area (Å²) in [5.41, 5.74) is 1.93. The zero-order chi connectivity index (χ0) is 21.8. The summed E-state index contributed by atoms with van der Waals surface area (Å²) in [6.45, 7) is 9.69. The highest BCUT2D eigenvalue weighted by atomic mass is 16.5. The van der Waals surface area contributed by atoms with Crippen molar-refractivity contribution in [3.8, 4) is 11.8 Å². The summed E-state index contributed by atoms with van der Waals surface area (Å²) in [6, 6.07) is 16.6. The summed E-state index contributed by atoms with van der Waals surface area (Å²) in [5, 5.41) is 28.3. The number of allylic oxidation sites excluding steroid dienone is 3. The number of ether oxygens (including phenoxy) is 1. The summed E-state index contributed by atoms with van der Waals surface area (Å²) >= 11 is 0. The predicted octanol–water partition coefficient (Wildman–Crippen LogP) is 5.65. The SMILES string of the molecule is C=C(/C=C(C(=O)O)\C(O)=C/C)c1ccc(OCc2ccccc2)c(C#N)c1.CC. The first-order valence-electron chi connectivity index (χ1n) is 9.17. The zero-order valence-corrected chi connectivity index (χ0v) is 16.8. The number of benzene rings is 2. The van der Waals surface area contributed by atoms with Crippen molar-refractivity contribution in [3.63, 3.8) is 0 Å². The Morgan fingerprint density at radius 3 is 2.38 bits per heavy atom. The smallest absolute Gasteiger partial charge is 0.339 e. The zero-order valence-electron chi connectivity index (χ0n) is 16.8. The lowest BCUT2D eigenvalue weighted by Gasteiger charge is -2.10. The second kappa shape index (κ2) is 11.8. The van der Waals surface area contributed by atoms with Gasteiger partial charge >= 0.3 is 5.97 Å². The van der Waals surface area contributed by atoms with Gasteiger partial charge in [-0.3, -0.25) is 0 Å². The number of carbonyl (C=O) groups is 1. The number of hydrogen-bond donors (Lipinski definition) is 2. The Bertz CT molecular complexity index is 951. The standard InChI is InChI=1S/C22H19NO4.C2H6/c1-3-20(24)19(22(25)26)11-15(2)17-9-10-21(18(12-17)13-23)27-14-16-7-5-4-6-8-16;1-2/h3-12,24H,2,14H2,1H3,(H,25,26);1-2H3/b19-11+,20-3+;. The normalized spacial score (nSPS) is 11.0. The summed E-state index contributed by atoms with van der Waals surface area (Å²) in [7, 11) is 0. The monoisotopic (exact) mass is 391 g/mol. The van der Waals surface area contributed by atoms with Crippen LogP contribution in [0.25, 0.3) is 5.57 Å². The van der Waals surface area contributed by atoms with Gasteiger partial charge in [-0.1, -0.05) is 56.8 Å². The maximum absolute atomic E-state index is 11.3. The van der Waals surface area contributed by atoms with E-state index in [1.165, 1.54) is 19.1 Å². The van der Waals surface area contributed by atoms with E-state index in [0.29, 0.717) is 29.1 Å². The average molecular weight is 391 g/mol. The highest BCUT2D eigenvalue weighted by molar-refractivity contribution is 5.94. The van der Waals surface area contributed by atoms with E-state index in [2.05, 4.69) is 12.6 Å². The van der Waals surface area contributed by atoms with Crippen LogP contribution in [-0.4, -0.2) is 16.2 Å². The molecule has 29 heavy (non-hydrogen) atoms. The molecular formula is C24H25NO4. The molecule has 2 N–H and O–H groups in total. The largest absolute Gasteiger partial charge is 0.507 e. The summed E-state index contributed by atoms with van der Waals surface area (Å²) < 4.78 is 5.71. The van der Waals surface area contributed by atoms with Crippen LogP contribution >= 0.6 is 0 Å². The Balaban J connectivity index is 0.00000204. The number of aliphatic hydroxyl groups excluding tert-OH is 1. The fourth-order valence-electron chi connectivity index (χ4n) is 2.34. The van der Waals surface area contributed by atoms with Gasteiger partial charge in [0.1, 0.15) is 29.8 Å². The molecule has 0 amide bonds. The van der Waals surface area contributed by atoms with Gasteiger partial charge < -0.3 is 14.9 Å². The molecule has 2 aromatic rings. The number of aliphatic hydroxyl groups is 1. The van der Waals surface area contributed by atoms with Crippen LogP contribution in [0.4, 0.5) is 0 Å². The van der Waals surface area contributed by atoms with E-state index in [4.69, 9.17) is 4.74 Å². The minimum atomic E-state index is -1.27. The lowest BCUT2D eigenvalue weighted by atomic mass is 10.0. The lowest BCUT2D eigenvalue weighted by Crippen LogP contribution is -2.04. The van der Waals surface area contributed by atoms with Crippen molar-refractivity contribution < 1.29 is 19.7 Å². The molecule has 0 unspecified atom stereocenters. The molecular weight excluding hydrogens is 366 g/mol. The molecule has 0 aromatic heterocycles. The molecule has 5 nitrogen and oxygen atoms in total. The van der Waals surface area contributed by atoms with E-state index in [-0.39, 0.29) is 11.3 Å². The Hall–Kier alpha value is -3.78. The fraction of sp³-hybridized carbons (Fsp3) is 0.167. The van der Waals surface area contributed by atoms with Crippen molar-refractivity contribution in [1.29, 1.82) is 5.26 Å². The first kappa shape index (κ1) is 23.3. The quantitative estimate of drug-likeness (QED) is 0.362. The minimum Gasteiger partial charge on any atom is -0.507 e. The molecule has 0 atom stereocenters. The first-order valence-corrected chi connectivity index (χ1v) is 9.17. The van der Waals surface area contributed by atoms with Crippen molar-refractivity contribution in [2.75, 3.05) is 0 Å². The maximum Gasteiger partial charge on any atom is 0.339 e. The van der Waals surface area contributed by atoms with Crippen molar-refractivity contribution in [2.45, 2.75) is 27.4 Å². The van der Waals surface area contributed by atoms with Crippen molar-refractivity contribution in [2.24, 2.45) is 0 Å². The van der Waals surface area contributed by atoms with Gasteiger partial charge in [-0.15, -0.1) is 0 Å². The van der Waals surface area contributed by atoms with Gasteiger partial charge in [0, 0.05) is 0 Å². The van der Waals surface area contributed by atoms with E-state index in [1.807, 2.05) is 44.2 Å². The van der Waals surface area contributed by atoms with Crippen LogP contribution in [0.3, 0.4) is 0 Å². The number of nitrogens with zero attached hydrogens (tertiary/aromatic N) is 1. The maximum atomic E-state index is 11.3. The van der Waals surface area contributed by atoms with E-state index in [0.717, 1.165) is 5.56 Å². The van der Waals surface area contributed by atoms with Crippen LogP contribution in [0, 0.1) is 11.3 Å². The predicted molar refractivity (Wildman–Crippen MR) is 114 cm³/mol. The number of rotatable bonds is 7. The topological polar surface area (TPSA) is 90.6 Å². The van der Waals surface area contributed by atoms with Gasteiger partial charge in [0.05, 0.1) is 5.56 Å². The molecule has 0 saturated heterocycles. The Kier molecular flexibility index (Phi) is 9.49. The summed E-state index contributed by atoms with van der Waals surface area (Å²) in [4.78, 5) is 11.3.